The Morgan fingerprint density at radius 2 is 1.87 bits per heavy atom. The Labute approximate surface area is 239 Å². The van der Waals surface area contributed by atoms with Gasteiger partial charge in [0, 0.05) is 63.8 Å². The van der Waals surface area contributed by atoms with Gasteiger partial charge in [-0.15, -0.1) is 0 Å². The van der Waals surface area contributed by atoms with Gasteiger partial charge in [0.1, 0.15) is 5.82 Å². The molecule has 1 amide bonds. The Morgan fingerprint density at radius 1 is 1.10 bits per heavy atom. The zero-order chi connectivity index (χ0) is 27.0. The molecule has 2 saturated heterocycles. The summed E-state index contributed by atoms with van der Waals surface area (Å²) < 4.78 is 11.0. The number of ether oxygens (including phenoxy) is 2. The highest BCUT2D eigenvalue weighted by Crippen LogP contribution is 2.28. The summed E-state index contributed by atoms with van der Waals surface area (Å²) >= 11 is 8.00. The van der Waals surface area contributed by atoms with Gasteiger partial charge in [0.25, 0.3) is 5.91 Å². The second kappa shape index (κ2) is 13.5. The molecule has 0 saturated carbocycles. The quantitative estimate of drug-likeness (QED) is 0.276. The number of anilines is 2. The fourth-order valence-electron chi connectivity index (χ4n) is 4.81. The molecule has 8 nitrogen and oxygen atoms in total. The van der Waals surface area contributed by atoms with E-state index in [9.17, 15) is 4.79 Å². The van der Waals surface area contributed by atoms with Gasteiger partial charge in [-0.1, -0.05) is 47.6 Å². The third-order valence-electron chi connectivity index (χ3n) is 6.93. The van der Waals surface area contributed by atoms with Crippen LogP contribution in [-0.2, 0) is 21.8 Å². The third-order valence-corrected chi connectivity index (χ3v) is 8.17. The molecule has 206 valence electrons. The number of amides is 1. The molecule has 2 aromatic carbocycles. The predicted octanol–water partition coefficient (Wildman–Crippen LogP) is 4.80. The number of methoxy groups -OCH3 is 1. The fourth-order valence-corrected chi connectivity index (χ4v) is 5.89. The minimum atomic E-state index is -0.0698. The number of benzene rings is 2. The number of nitrogens with one attached hydrogen (secondary N) is 1. The third kappa shape index (κ3) is 7.42. The van der Waals surface area contributed by atoms with Crippen molar-refractivity contribution in [2.24, 2.45) is 0 Å². The molecule has 2 aliphatic rings. The van der Waals surface area contributed by atoms with E-state index in [0.29, 0.717) is 29.6 Å². The van der Waals surface area contributed by atoms with E-state index in [0.717, 1.165) is 73.4 Å². The van der Waals surface area contributed by atoms with E-state index in [1.54, 1.807) is 18.9 Å². The standard InChI is InChI=1S/C29H34ClN5O3S/c1-37-19-23-17-27(35-14-12-34(13-15-35)26-7-3-2-6-25(26)30)33-29(32-23)39-20-21-8-10-22(11-9-21)28(36)31-18-24-5-4-16-38-24/h2-3,6-11,17,24H,4-5,12-16,18-20H2,1H3,(H,31,36). The lowest BCUT2D eigenvalue weighted by atomic mass is 10.1. The van der Waals surface area contributed by atoms with Crippen LogP contribution in [0.25, 0.3) is 0 Å². The van der Waals surface area contributed by atoms with E-state index in [4.69, 9.17) is 31.0 Å². The van der Waals surface area contributed by atoms with E-state index < -0.39 is 0 Å². The van der Waals surface area contributed by atoms with Crippen LogP contribution in [0.15, 0.2) is 59.8 Å². The van der Waals surface area contributed by atoms with E-state index >= 15 is 0 Å². The number of para-hydroxylation sites is 1. The number of carbonyl (C=O) groups is 1. The summed E-state index contributed by atoms with van der Waals surface area (Å²) in [6, 6.07) is 17.7. The Balaban J connectivity index is 1.18. The average Bonchev–Trinajstić information content (AvgIpc) is 3.49. The van der Waals surface area contributed by atoms with E-state index in [1.165, 1.54) is 0 Å². The highest BCUT2D eigenvalue weighted by Gasteiger charge is 2.21. The largest absolute Gasteiger partial charge is 0.378 e. The maximum absolute atomic E-state index is 12.5. The highest BCUT2D eigenvalue weighted by atomic mass is 35.5. The molecule has 1 aromatic heterocycles. The Bertz CT molecular complexity index is 1250. The summed E-state index contributed by atoms with van der Waals surface area (Å²) in [6.45, 7) is 5.19. The van der Waals surface area contributed by atoms with Gasteiger partial charge in [0.05, 0.1) is 29.1 Å². The summed E-state index contributed by atoms with van der Waals surface area (Å²) in [4.78, 5) is 26.7. The molecule has 0 bridgehead atoms. The molecule has 2 aliphatic heterocycles. The number of hydrogen-bond acceptors (Lipinski definition) is 8. The summed E-state index contributed by atoms with van der Waals surface area (Å²) in [5.74, 6) is 1.55. The van der Waals surface area contributed by atoms with Gasteiger partial charge in [-0.3, -0.25) is 4.79 Å². The minimum Gasteiger partial charge on any atom is -0.378 e. The van der Waals surface area contributed by atoms with Gasteiger partial charge >= 0.3 is 0 Å². The lowest BCUT2D eigenvalue weighted by Crippen LogP contribution is -2.47. The lowest BCUT2D eigenvalue weighted by molar-refractivity contribution is 0.0858. The van der Waals surface area contributed by atoms with Crippen LogP contribution in [-0.4, -0.2) is 68.4 Å². The summed E-state index contributed by atoms with van der Waals surface area (Å²) in [6.07, 6.45) is 2.20. The second-order valence-corrected chi connectivity index (χ2v) is 11.0. The number of hydrogen-bond donors (Lipinski definition) is 1. The van der Waals surface area contributed by atoms with Gasteiger partial charge in [-0.25, -0.2) is 9.97 Å². The van der Waals surface area contributed by atoms with Crippen molar-refractivity contribution in [2.45, 2.75) is 36.5 Å². The number of nitrogens with zero attached hydrogens (tertiary/aromatic N) is 4. The fraction of sp³-hybridized carbons (Fsp3) is 0.414. The van der Waals surface area contributed by atoms with Crippen molar-refractivity contribution in [3.8, 4) is 0 Å². The smallest absolute Gasteiger partial charge is 0.251 e. The topological polar surface area (TPSA) is 79.8 Å². The number of carbonyl (C=O) groups excluding carboxylic acids is 1. The maximum Gasteiger partial charge on any atom is 0.251 e. The summed E-state index contributed by atoms with van der Waals surface area (Å²) in [5.41, 5.74) is 3.69. The van der Waals surface area contributed by atoms with Crippen LogP contribution in [0.3, 0.4) is 0 Å². The first-order valence-electron chi connectivity index (χ1n) is 13.3. The van der Waals surface area contributed by atoms with Crippen LogP contribution in [0.5, 0.6) is 0 Å². The molecular weight excluding hydrogens is 534 g/mol. The molecule has 39 heavy (non-hydrogen) atoms. The molecule has 1 atom stereocenters. The van der Waals surface area contributed by atoms with Crippen molar-refractivity contribution in [3.63, 3.8) is 0 Å². The number of thioether (sulfide) groups is 1. The monoisotopic (exact) mass is 567 g/mol. The molecule has 1 unspecified atom stereocenters. The van der Waals surface area contributed by atoms with Crippen molar-refractivity contribution in [3.05, 3.63) is 76.4 Å². The van der Waals surface area contributed by atoms with Gasteiger partial charge in [0.15, 0.2) is 5.16 Å². The molecule has 0 radical (unpaired) electrons. The molecular formula is C29H34ClN5O3S. The maximum atomic E-state index is 12.5. The Kier molecular flexibility index (Phi) is 9.58. The molecule has 3 aromatic rings. The van der Waals surface area contributed by atoms with Crippen LogP contribution < -0.4 is 15.1 Å². The first kappa shape index (κ1) is 27.7. The molecule has 2 fully saturated rings. The van der Waals surface area contributed by atoms with E-state index in [1.807, 2.05) is 48.5 Å². The van der Waals surface area contributed by atoms with Crippen LogP contribution in [0.2, 0.25) is 5.02 Å². The second-order valence-electron chi connectivity index (χ2n) is 9.69. The van der Waals surface area contributed by atoms with E-state index in [2.05, 4.69) is 21.2 Å². The lowest BCUT2D eigenvalue weighted by Gasteiger charge is -2.37. The zero-order valence-corrected chi connectivity index (χ0v) is 23.7. The van der Waals surface area contributed by atoms with Crippen LogP contribution in [0.4, 0.5) is 11.5 Å². The van der Waals surface area contributed by atoms with Gasteiger partial charge in [-0.05, 0) is 42.7 Å². The minimum absolute atomic E-state index is 0.0698. The van der Waals surface area contributed by atoms with Crippen molar-refractivity contribution in [2.75, 3.05) is 56.2 Å². The van der Waals surface area contributed by atoms with Crippen molar-refractivity contribution >= 4 is 40.8 Å². The van der Waals surface area contributed by atoms with Gasteiger partial charge in [-0.2, -0.15) is 0 Å². The van der Waals surface area contributed by atoms with Gasteiger partial charge < -0.3 is 24.6 Å². The summed E-state index contributed by atoms with van der Waals surface area (Å²) in [7, 11) is 1.68. The normalized spacial score (nSPS) is 17.4. The van der Waals surface area contributed by atoms with Gasteiger partial charge in [0.2, 0.25) is 0 Å². The molecule has 10 heteroatoms. The average molecular weight is 568 g/mol. The SMILES string of the molecule is COCc1cc(N2CCN(c3ccccc3Cl)CC2)nc(SCc2ccc(C(=O)NCC3CCCO3)cc2)n1. The molecule has 1 N–H and O–H groups in total. The van der Waals surface area contributed by atoms with Crippen molar-refractivity contribution in [1.82, 2.24) is 15.3 Å². The first-order valence-corrected chi connectivity index (χ1v) is 14.7. The molecule has 3 heterocycles. The number of piperazine rings is 1. The number of aromatic nitrogens is 2. The first-order chi connectivity index (χ1) is 19.1. The Morgan fingerprint density at radius 3 is 2.59 bits per heavy atom. The number of rotatable bonds is 10. The Hall–Kier alpha value is -2.85. The zero-order valence-electron chi connectivity index (χ0n) is 22.1. The van der Waals surface area contributed by atoms with Crippen molar-refractivity contribution in [1.29, 1.82) is 0 Å². The van der Waals surface area contributed by atoms with Crippen LogP contribution >= 0.6 is 23.4 Å². The number of halogens is 1. The van der Waals surface area contributed by atoms with Crippen molar-refractivity contribution < 1.29 is 14.3 Å². The molecule has 0 aliphatic carbocycles. The summed E-state index contributed by atoms with van der Waals surface area (Å²) in [5, 5.41) is 4.47. The molecule has 5 rings (SSSR count). The predicted molar refractivity (Wildman–Crippen MR) is 156 cm³/mol. The van der Waals surface area contributed by atoms with Crippen LogP contribution in [0.1, 0.15) is 34.5 Å². The van der Waals surface area contributed by atoms with E-state index in [-0.39, 0.29) is 12.0 Å². The molecule has 0 spiro atoms. The van der Waals surface area contributed by atoms with Crippen LogP contribution in [0, 0.1) is 0 Å². The highest BCUT2D eigenvalue weighted by molar-refractivity contribution is 7.98.